The first-order chi connectivity index (χ1) is 12.6. The van der Waals surface area contributed by atoms with Gasteiger partial charge in [0.1, 0.15) is 11.1 Å². The number of amides is 1. The summed E-state index contributed by atoms with van der Waals surface area (Å²) < 4.78 is 5.63. The van der Waals surface area contributed by atoms with E-state index in [-0.39, 0.29) is 11.1 Å². The minimum absolute atomic E-state index is 0.0680. The van der Waals surface area contributed by atoms with Crippen LogP contribution >= 0.6 is 0 Å². The topological polar surface area (TPSA) is 80.9 Å². The highest BCUT2D eigenvalue weighted by Gasteiger charge is 2.13. The highest BCUT2D eigenvalue weighted by Crippen LogP contribution is 2.15. The largest absolute Gasteiger partial charge is 0.435 e. The molecule has 1 heterocycles. The summed E-state index contributed by atoms with van der Waals surface area (Å²) in [5.74, 6) is -1.01. The average Bonchev–Trinajstić information content (AvgIpc) is 2.66. The second-order valence-corrected chi connectivity index (χ2v) is 5.68. The fraction of sp³-hybridized carbons (Fsp3) is 0.150. The standard InChI is InChI=1S/C20H18N2O4/c1-3-14-8-10-16(11-9-14)21-19(24)17-12-15-6-4-5-7-18(15)25-20(17)22-26-13(2)23/h4-12H,3H2,1-2H3,(H,21,24)/b22-20+. The zero-order valence-electron chi connectivity index (χ0n) is 14.5. The van der Waals surface area contributed by atoms with E-state index in [9.17, 15) is 9.59 Å². The Morgan fingerprint density at radius 2 is 1.85 bits per heavy atom. The van der Waals surface area contributed by atoms with Crippen LogP contribution in [-0.4, -0.2) is 11.9 Å². The van der Waals surface area contributed by atoms with Gasteiger partial charge < -0.3 is 14.6 Å². The lowest BCUT2D eigenvalue weighted by Crippen LogP contribution is -2.22. The summed E-state index contributed by atoms with van der Waals surface area (Å²) in [6.07, 6.45) is 0.920. The normalized spacial score (nSPS) is 11.4. The van der Waals surface area contributed by atoms with E-state index >= 15 is 0 Å². The molecule has 0 spiro atoms. The minimum Gasteiger partial charge on any atom is -0.435 e. The molecule has 1 aromatic heterocycles. The van der Waals surface area contributed by atoms with Crippen molar-refractivity contribution in [1.82, 2.24) is 0 Å². The molecule has 6 nitrogen and oxygen atoms in total. The molecule has 132 valence electrons. The van der Waals surface area contributed by atoms with Crippen molar-refractivity contribution in [3.63, 3.8) is 0 Å². The zero-order chi connectivity index (χ0) is 18.5. The first-order valence-corrected chi connectivity index (χ1v) is 8.21. The lowest BCUT2D eigenvalue weighted by atomic mass is 10.1. The third-order valence-corrected chi connectivity index (χ3v) is 3.78. The molecule has 0 bridgehead atoms. The summed E-state index contributed by atoms with van der Waals surface area (Å²) in [7, 11) is 0. The maximum Gasteiger partial charge on any atom is 0.332 e. The van der Waals surface area contributed by atoms with Gasteiger partial charge in [0.25, 0.3) is 11.5 Å². The van der Waals surface area contributed by atoms with Gasteiger partial charge in [-0.25, -0.2) is 4.79 Å². The Balaban J connectivity index is 2.00. The van der Waals surface area contributed by atoms with Gasteiger partial charge in [0.05, 0.1) is 0 Å². The number of hydrogen-bond donors (Lipinski definition) is 1. The van der Waals surface area contributed by atoms with Crippen LogP contribution in [0.2, 0.25) is 0 Å². The quantitative estimate of drug-likeness (QED) is 0.575. The van der Waals surface area contributed by atoms with Gasteiger partial charge in [0, 0.05) is 18.0 Å². The van der Waals surface area contributed by atoms with E-state index in [0.29, 0.717) is 11.3 Å². The number of nitrogens with one attached hydrogen (secondary N) is 1. The van der Waals surface area contributed by atoms with Crippen LogP contribution in [0.25, 0.3) is 11.0 Å². The molecule has 0 aliphatic carbocycles. The molecule has 2 aromatic carbocycles. The lowest BCUT2D eigenvalue weighted by Gasteiger charge is -2.07. The Bertz CT molecular complexity index is 1020. The SMILES string of the molecule is CCc1ccc(NC(=O)c2cc3ccccc3o/c2=N/OC(C)=O)cc1. The number of hydrogen-bond acceptors (Lipinski definition) is 5. The number of rotatable bonds is 4. The Morgan fingerprint density at radius 1 is 1.12 bits per heavy atom. The molecule has 1 N–H and O–H groups in total. The molecule has 0 atom stereocenters. The number of benzene rings is 2. The number of fused-ring (bicyclic) bond motifs is 1. The molecule has 0 saturated heterocycles. The second-order valence-electron chi connectivity index (χ2n) is 5.68. The van der Waals surface area contributed by atoms with Crippen molar-refractivity contribution < 1.29 is 18.8 Å². The van der Waals surface area contributed by atoms with Crippen molar-refractivity contribution in [2.75, 3.05) is 5.32 Å². The van der Waals surface area contributed by atoms with Crippen LogP contribution in [0.3, 0.4) is 0 Å². The van der Waals surface area contributed by atoms with Crippen LogP contribution in [0.4, 0.5) is 5.69 Å². The Kier molecular flexibility index (Phi) is 5.12. The number of carbonyl (C=O) groups is 2. The van der Waals surface area contributed by atoms with E-state index in [0.717, 1.165) is 11.8 Å². The van der Waals surface area contributed by atoms with Crippen LogP contribution in [0, 0.1) is 0 Å². The van der Waals surface area contributed by atoms with Crippen molar-refractivity contribution in [2.24, 2.45) is 5.16 Å². The molecule has 0 unspecified atom stereocenters. The average molecular weight is 350 g/mol. The van der Waals surface area contributed by atoms with Crippen molar-refractivity contribution in [1.29, 1.82) is 0 Å². The molecule has 6 heteroatoms. The van der Waals surface area contributed by atoms with Crippen LogP contribution < -0.4 is 10.9 Å². The lowest BCUT2D eigenvalue weighted by molar-refractivity contribution is -0.141. The molecule has 0 radical (unpaired) electrons. The zero-order valence-corrected chi connectivity index (χ0v) is 14.5. The summed E-state index contributed by atoms with van der Waals surface area (Å²) in [5.41, 5.74) is 2.46. The summed E-state index contributed by atoms with van der Waals surface area (Å²) in [4.78, 5) is 28.4. The number of anilines is 1. The predicted octanol–water partition coefficient (Wildman–Crippen LogP) is 3.63. The summed E-state index contributed by atoms with van der Waals surface area (Å²) in [6, 6.07) is 16.4. The molecule has 1 amide bonds. The van der Waals surface area contributed by atoms with E-state index in [1.54, 1.807) is 18.2 Å². The highest BCUT2D eigenvalue weighted by molar-refractivity contribution is 6.05. The molecule has 3 aromatic rings. The number of aryl methyl sites for hydroxylation is 1. The predicted molar refractivity (Wildman–Crippen MR) is 97.3 cm³/mol. The van der Waals surface area contributed by atoms with Gasteiger partial charge in [0.15, 0.2) is 0 Å². The summed E-state index contributed by atoms with van der Waals surface area (Å²) >= 11 is 0. The van der Waals surface area contributed by atoms with Gasteiger partial charge in [0.2, 0.25) is 0 Å². The van der Waals surface area contributed by atoms with Gasteiger partial charge >= 0.3 is 5.97 Å². The van der Waals surface area contributed by atoms with Crippen molar-refractivity contribution >= 4 is 28.5 Å². The van der Waals surface area contributed by atoms with Gasteiger partial charge in [-0.1, -0.05) is 37.3 Å². The molecule has 0 saturated carbocycles. The Labute approximate surface area is 150 Å². The molecule has 3 rings (SSSR count). The molecule has 0 fully saturated rings. The van der Waals surface area contributed by atoms with Crippen LogP contribution in [0.5, 0.6) is 0 Å². The fourth-order valence-electron chi connectivity index (χ4n) is 2.43. The highest BCUT2D eigenvalue weighted by atomic mass is 16.7. The van der Waals surface area contributed by atoms with Crippen molar-refractivity contribution in [3.8, 4) is 0 Å². The molecular weight excluding hydrogens is 332 g/mol. The van der Waals surface area contributed by atoms with Gasteiger partial charge in [-0.3, -0.25) is 4.79 Å². The first kappa shape index (κ1) is 17.4. The minimum atomic E-state index is -0.602. The van der Waals surface area contributed by atoms with E-state index in [1.807, 2.05) is 36.4 Å². The Morgan fingerprint density at radius 3 is 2.54 bits per heavy atom. The van der Waals surface area contributed by atoms with E-state index in [4.69, 9.17) is 4.42 Å². The maximum absolute atomic E-state index is 12.7. The number of carbonyl (C=O) groups excluding carboxylic acids is 2. The van der Waals surface area contributed by atoms with Crippen LogP contribution in [0.15, 0.2) is 64.2 Å². The van der Waals surface area contributed by atoms with Crippen LogP contribution in [0.1, 0.15) is 29.8 Å². The maximum atomic E-state index is 12.7. The Hall–Kier alpha value is -3.41. The molecule has 0 aliphatic heterocycles. The number of nitrogens with zero attached hydrogens (tertiary/aromatic N) is 1. The smallest absolute Gasteiger partial charge is 0.332 e. The van der Waals surface area contributed by atoms with Gasteiger partial charge in [-0.2, -0.15) is 0 Å². The third kappa shape index (κ3) is 3.97. The van der Waals surface area contributed by atoms with Gasteiger partial charge in [-0.15, -0.1) is 0 Å². The summed E-state index contributed by atoms with van der Waals surface area (Å²) in [6.45, 7) is 3.28. The van der Waals surface area contributed by atoms with E-state index in [2.05, 4.69) is 22.2 Å². The number of para-hydroxylation sites is 1. The van der Waals surface area contributed by atoms with Crippen LogP contribution in [-0.2, 0) is 16.1 Å². The monoisotopic (exact) mass is 350 g/mol. The van der Waals surface area contributed by atoms with Gasteiger partial charge in [-0.05, 0) is 41.4 Å². The molecule has 26 heavy (non-hydrogen) atoms. The van der Waals surface area contributed by atoms with Crippen molar-refractivity contribution in [2.45, 2.75) is 20.3 Å². The van der Waals surface area contributed by atoms with E-state index < -0.39 is 11.9 Å². The third-order valence-electron chi connectivity index (χ3n) is 3.78. The van der Waals surface area contributed by atoms with Crippen molar-refractivity contribution in [3.05, 3.63) is 71.3 Å². The first-order valence-electron chi connectivity index (χ1n) is 8.21. The fourth-order valence-corrected chi connectivity index (χ4v) is 2.43. The molecular formula is C20H18N2O4. The molecule has 0 aliphatic rings. The van der Waals surface area contributed by atoms with E-state index in [1.165, 1.54) is 12.5 Å². The second kappa shape index (κ2) is 7.65. The summed E-state index contributed by atoms with van der Waals surface area (Å²) in [5, 5.41) is 7.21.